The van der Waals surface area contributed by atoms with Crippen molar-refractivity contribution in [3.05, 3.63) is 40.2 Å². The summed E-state index contributed by atoms with van der Waals surface area (Å²) in [4.78, 5) is 11.3. The molecule has 22 heavy (non-hydrogen) atoms. The van der Waals surface area contributed by atoms with Crippen LogP contribution in [0.5, 0.6) is 5.75 Å². The van der Waals surface area contributed by atoms with E-state index in [0.29, 0.717) is 12.2 Å². The van der Waals surface area contributed by atoms with Gasteiger partial charge < -0.3 is 18.6 Å². The molecule has 2 aliphatic heterocycles. The van der Waals surface area contributed by atoms with Gasteiger partial charge in [0.2, 0.25) is 0 Å². The molecule has 2 aromatic rings. The van der Waals surface area contributed by atoms with Gasteiger partial charge in [-0.3, -0.25) is 0 Å². The Hall–Kier alpha value is -1.85. The van der Waals surface area contributed by atoms with Gasteiger partial charge in [0.1, 0.15) is 23.0 Å². The summed E-state index contributed by atoms with van der Waals surface area (Å²) < 4.78 is 23.0. The third-order valence-corrected chi connectivity index (χ3v) is 4.34. The number of fused-ring (bicyclic) bond motifs is 2. The molecule has 5 heteroatoms. The second-order valence-electron chi connectivity index (χ2n) is 6.67. The van der Waals surface area contributed by atoms with Crippen molar-refractivity contribution in [2.24, 2.45) is 0 Å². The van der Waals surface area contributed by atoms with Gasteiger partial charge in [0.05, 0.1) is 6.61 Å². The second kappa shape index (κ2) is 4.33. The van der Waals surface area contributed by atoms with Gasteiger partial charge in [-0.1, -0.05) is 0 Å². The van der Waals surface area contributed by atoms with Crippen molar-refractivity contribution in [1.82, 2.24) is 0 Å². The minimum Gasteiger partial charge on any atom is -0.487 e. The van der Waals surface area contributed by atoms with Gasteiger partial charge in [0.25, 0.3) is 0 Å². The minimum atomic E-state index is -0.593. The summed E-state index contributed by atoms with van der Waals surface area (Å²) in [5, 5.41) is 0.900. The molecule has 0 radical (unpaired) electrons. The normalized spacial score (nSPS) is 29.5. The number of benzene rings is 1. The molecule has 3 heterocycles. The third kappa shape index (κ3) is 2.12. The quantitative estimate of drug-likeness (QED) is 0.758. The Morgan fingerprint density at radius 3 is 2.73 bits per heavy atom. The van der Waals surface area contributed by atoms with Gasteiger partial charge in [-0.25, -0.2) is 4.79 Å². The molecule has 116 valence electrons. The zero-order valence-electron chi connectivity index (χ0n) is 12.8. The highest BCUT2D eigenvalue weighted by Crippen LogP contribution is 2.41. The molecule has 1 aromatic heterocycles. The van der Waals surface area contributed by atoms with Crippen molar-refractivity contribution in [3.8, 4) is 5.75 Å². The Morgan fingerprint density at radius 2 is 2.00 bits per heavy atom. The van der Waals surface area contributed by atoms with E-state index >= 15 is 0 Å². The smallest absolute Gasteiger partial charge is 0.336 e. The first-order valence-electron chi connectivity index (χ1n) is 7.42. The molecule has 0 amide bonds. The van der Waals surface area contributed by atoms with E-state index in [1.807, 2.05) is 26.8 Å². The molecule has 0 N–H and O–H groups in total. The Kier molecular flexibility index (Phi) is 2.72. The van der Waals surface area contributed by atoms with E-state index in [2.05, 4.69) is 0 Å². The SMILES string of the molecule is CC1(C)OC[C@@](C)([C@H]2Cc3cc4ccc(=O)oc4cc3O2)O1. The summed E-state index contributed by atoms with van der Waals surface area (Å²) in [6, 6.07) is 7.00. The molecule has 0 saturated carbocycles. The van der Waals surface area contributed by atoms with E-state index < -0.39 is 11.4 Å². The molecule has 5 nitrogen and oxygen atoms in total. The Morgan fingerprint density at radius 1 is 1.18 bits per heavy atom. The summed E-state index contributed by atoms with van der Waals surface area (Å²) in [5.41, 5.74) is 0.792. The van der Waals surface area contributed by atoms with Crippen molar-refractivity contribution in [2.75, 3.05) is 6.61 Å². The van der Waals surface area contributed by atoms with E-state index in [0.717, 1.165) is 23.1 Å². The van der Waals surface area contributed by atoms with Crippen LogP contribution in [-0.2, 0) is 15.9 Å². The van der Waals surface area contributed by atoms with Crippen LogP contribution in [-0.4, -0.2) is 24.1 Å². The van der Waals surface area contributed by atoms with Crippen LogP contribution in [0.25, 0.3) is 11.0 Å². The van der Waals surface area contributed by atoms with Crippen LogP contribution in [0.4, 0.5) is 0 Å². The maximum absolute atomic E-state index is 11.3. The number of ether oxygens (including phenoxy) is 3. The van der Waals surface area contributed by atoms with Crippen molar-refractivity contribution in [2.45, 2.75) is 44.7 Å². The van der Waals surface area contributed by atoms with Crippen LogP contribution in [0.1, 0.15) is 26.3 Å². The summed E-state index contributed by atoms with van der Waals surface area (Å²) >= 11 is 0. The highest BCUT2D eigenvalue weighted by molar-refractivity contribution is 5.79. The van der Waals surface area contributed by atoms with E-state index in [4.69, 9.17) is 18.6 Å². The summed E-state index contributed by atoms with van der Waals surface area (Å²) in [6.45, 7) is 6.32. The van der Waals surface area contributed by atoms with Gasteiger partial charge in [-0.15, -0.1) is 0 Å². The highest BCUT2D eigenvalue weighted by Gasteiger charge is 2.50. The maximum atomic E-state index is 11.3. The number of hydrogen-bond donors (Lipinski definition) is 0. The zero-order valence-corrected chi connectivity index (χ0v) is 12.8. The van der Waals surface area contributed by atoms with Crippen molar-refractivity contribution in [1.29, 1.82) is 0 Å². The van der Waals surface area contributed by atoms with E-state index in [1.165, 1.54) is 6.07 Å². The zero-order chi connectivity index (χ0) is 15.5. The van der Waals surface area contributed by atoms with Gasteiger partial charge in [-0.2, -0.15) is 0 Å². The first-order chi connectivity index (χ1) is 10.3. The molecular formula is C17H18O5. The van der Waals surface area contributed by atoms with Gasteiger partial charge >= 0.3 is 5.63 Å². The fourth-order valence-corrected chi connectivity index (χ4v) is 3.24. The summed E-state index contributed by atoms with van der Waals surface area (Å²) in [6.07, 6.45) is 0.633. The van der Waals surface area contributed by atoms with E-state index in [9.17, 15) is 4.79 Å². The molecular weight excluding hydrogens is 284 g/mol. The molecule has 0 aliphatic carbocycles. The summed E-state index contributed by atoms with van der Waals surface area (Å²) in [7, 11) is 0. The fourth-order valence-electron chi connectivity index (χ4n) is 3.24. The molecule has 0 bridgehead atoms. The average molecular weight is 302 g/mol. The van der Waals surface area contributed by atoms with Crippen molar-refractivity contribution in [3.63, 3.8) is 0 Å². The predicted octanol–water partition coefficient (Wildman–Crippen LogP) is 2.64. The third-order valence-electron chi connectivity index (χ3n) is 4.34. The molecule has 2 atom stereocenters. The Balaban J connectivity index is 1.68. The van der Waals surface area contributed by atoms with Gasteiger partial charge in [0, 0.05) is 23.9 Å². The average Bonchev–Trinajstić information content (AvgIpc) is 2.97. The molecule has 1 saturated heterocycles. The predicted molar refractivity (Wildman–Crippen MR) is 80.1 cm³/mol. The van der Waals surface area contributed by atoms with Crippen LogP contribution in [0.15, 0.2) is 33.5 Å². The lowest BCUT2D eigenvalue weighted by atomic mass is 9.95. The molecule has 1 aromatic carbocycles. The second-order valence-corrected chi connectivity index (χ2v) is 6.67. The minimum absolute atomic E-state index is 0.118. The largest absolute Gasteiger partial charge is 0.487 e. The summed E-state index contributed by atoms with van der Waals surface area (Å²) in [5.74, 6) is 0.158. The van der Waals surface area contributed by atoms with E-state index in [-0.39, 0.29) is 11.7 Å². The highest BCUT2D eigenvalue weighted by atomic mass is 16.8. The maximum Gasteiger partial charge on any atom is 0.336 e. The van der Waals surface area contributed by atoms with Crippen molar-refractivity contribution < 1.29 is 18.6 Å². The van der Waals surface area contributed by atoms with Gasteiger partial charge in [0.15, 0.2) is 5.79 Å². The van der Waals surface area contributed by atoms with Crippen LogP contribution >= 0.6 is 0 Å². The molecule has 1 fully saturated rings. The van der Waals surface area contributed by atoms with Crippen LogP contribution in [0.2, 0.25) is 0 Å². The lowest BCUT2D eigenvalue weighted by Crippen LogP contribution is -2.45. The van der Waals surface area contributed by atoms with E-state index in [1.54, 1.807) is 12.1 Å². The number of hydrogen-bond acceptors (Lipinski definition) is 5. The van der Waals surface area contributed by atoms with Crippen LogP contribution in [0.3, 0.4) is 0 Å². The molecule has 2 aliphatic rings. The Bertz CT molecular complexity index is 806. The first kappa shape index (κ1) is 13.8. The lowest BCUT2D eigenvalue weighted by Gasteiger charge is -2.30. The lowest BCUT2D eigenvalue weighted by molar-refractivity contribution is -0.173. The fraction of sp³-hybridized carbons (Fsp3) is 0.471. The molecule has 4 rings (SSSR count). The molecule has 0 spiro atoms. The molecule has 0 unspecified atom stereocenters. The standard InChI is InChI=1S/C17H18O5/c1-16(2)19-9-17(3,22-16)14-7-11-6-10-4-5-15(18)21-12(10)8-13(11)20-14/h4-6,8,14H,7,9H2,1-3H3/t14-,17+/m1/s1. The van der Waals surface area contributed by atoms with Crippen LogP contribution < -0.4 is 10.4 Å². The Labute approximate surface area is 127 Å². The van der Waals surface area contributed by atoms with Gasteiger partial charge in [-0.05, 0) is 38.5 Å². The van der Waals surface area contributed by atoms with Crippen LogP contribution in [0, 0.1) is 0 Å². The first-order valence-corrected chi connectivity index (χ1v) is 7.42. The van der Waals surface area contributed by atoms with Crippen molar-refractivity contribution >= 4 is 11.0 Å². The number of rotatable bonds is 1. The monoisotopic (exact) mass is 302 g/mol. The topological polar surface area (TPSA) is 57.9 Å².